The van der Waals surface area contributed by atoms with E-state index in [-0.39, 0.29) is 0 Å². The van der Waals surface area contributed by atoms with Crippen LogP contribution in [-0.4, -0.2) is 9.97 Å². The first-order valence-electron chi connectivity index (χ1n) is 6.14. The molecule has 3 N–H and O–H groups in total. The molecule has 2 aromatic carbocycles. The Balaban J connectivity index is 1.95. The van der Waals surface area contributed by atoms with Crippen molar-refractivity contribution >= 4 is 54.1 Å². The number of hydrogen-bond acceptors (Lipinski definition) is 3. The molecule has 20 heavy (non-hydrogen) atoms. The van der Waals surface area contributed by atoms with Crippen LogP contribution in [0.2, 0.25) is 0 Å². The summed E-state index contributed by atoms with van der Waals surface area (Å²) in [6, 6.07) is 14.4. The van der Waals surface area contributed by atoms with Crippen LogP contribution < -0.4 is 5.73 Å². The fraction of sp³-hybridized carbons (Fsp3) is 0. The number of fused-ring (bicyclic) bond motifs is 2. The number of aromatic nitrogens is 2. The van der Waals surface area contributed by atoms with E-state index in [0.717, 1.165) is 26.2 Å². The molecule has 0 unspecified atom stereocenters. The van der Waals surface area contributed by atoms with E-state index in [4.69, 9.17) is 5.73 Å². The number of benzene rings is 2. The highest BCUT2D eigenvalue weighted by Crippen LogP contribution is 2.34. The Morgan fingerprint density at radius 2 is 2.00 bits per heavy atom. The highest BCUT2D eigenvalue weighted by molar-refractivity contribution is 9.10. The number of thiophene rings is 1. The molecule has 0 saturated heterocycles. The highest BCUT2D eigenvalue weighted by Gasteiger charge is 2.11. The number of anilines is 1. The first kappa shape index (κ1) is 11.9. The number of imidazole rings is 1. The minimum atomic E-state index is 0.679. The molecule has 0 saturated carbocycles. The van der Waals surface area contributed by atoms with Crippen molar-refractivity contribution in [2.45, 2.75) is 0 Å². The molecule has 4 rings (SSSR count). The molecule has 3 nitrogen and oxygen atoms in total. The summed E-state index contributed by atoms with van der Waals surface area (Å²) in [5.41, 5.74) is 8.46. The Labute approximate surface area is 127 Å². The van der Waals surface area contributed by atoms with Gasteiger partial charge >= 0.3 is 0 Å². The zero-order valence-corrected chi connectivity index (χ0v) is 12.8. The number of nitrogens with zero attached hydrogens (tertiary/aromatic N) is 1. The second-order valence-electron chi connectivity index (χ2n) is 4.63. The maximum atomic E-state index is 6.01. The summed E-state index contributed by atoms with van der Waals surface area (Å²) in [7, 11) is 0. The summed E-state index contributed by atoms with van der Waals surface area (Å²) in [5.74, 6) is 0.867. The van der Waals surface area contributed by atoms with Gasteiger partial charge in [0.1, 0.15) is 11.3 Å². The molecular formula is C15H10BrN3S. The second-order valence-corrected chi connectivity index (χ2v) is 6.62. The number of aromatic amines is 1. The Kier molecular flexibility index (Phi) is 2.58. The van der Waals surface area contributed by atoms with Crippen LogP contribution in [0.15, 0.2) is 46.9 Å². The summed E-state index contributed by atoms with van der Waals surface area (Å²) in [6.07, 6.45) is 0. The van der Waals surface area contributed by atoms with E-state index in [1.807, 2.05) is 18.2 Å². The third-order valence-corrected chi connectivity index (χ3v) is 4.82. The van der Waals surface area contributed by atoms with E-state index >= 15 is 0 Å². The van der Waals surface area contributed by atoms with Gasteiger partial charge in [-0.1, -0.05) is 34.1 Å². The standard InChI is InChI=1S/C15H10BrN3S/c16-9-6-10(17)14-11(7-9)18-15(19-14)13-5-8-3-1-2-4-12(8)20-13/h1-7H,17H2,(H,18,19). The molecule has 0 amide bonds. The van der Waals surface area contributed by atoms with Gasteiger partial charge in [0.15, 0.2) is 0 Å². The van der Waals surface area contributed by atoms with Gasteiger partial charge in [-0.05, 0) is 29.7 Å². The monoisotopic (exact) mass is 343 g/mol. The van der Waals surface area contributed by atoms with Gasteiger partial charge in [0, 0.05) is 9.17 Å². The van der Waals surface area contributed by atoms with Gasteiger partial charge in [-0.25, -0.2) is 4.98 Å². The minimum Gasteiger partial charge on any atom is -0.397 e. The third kappa shape index (κ3) is 1.82. The smallest absolute Gasteiger partial charge is 0.148 e. The largest absolute Gasteiger partial charge is 0.397 e. The molecule has 0 aliphatic carbocycles. The van der Waals surface area contributed by atoms with Crippen molar-refractivity contribution < 1.29 is 0 Å². The predicted molar refractivity (Wildman–Crippen MR) is 89.0 cm³/mol. The molecule has 0 radical (unpaired) electrons. The van der Waals surface area contributed by atoms with Crippen LogP contribution in [0.25, 0.3) is 31.8 Å². The quantitative estimate of drug-likeness (QED) is 0.488. The lowest BCUT2D eigenvalue weighted by atomic mass is 10.2. The minimum absolute atomic E-state index is 0.679. The number of rotatable bonds is 1. The SMILES string of the molecule is Nc1cc(Br)cc2[nH]c(-c3cc4ccccc4s3)nc12. The zero-order chi connectivity index (χ0) is 13.7. The molecule has 0 spiro atoms. The number of nitrogens with one attached hydrogen (secondary N) is 1. The lowest BCUT2D eigenvalue weighted by Crippen LogP contribution is -1.86. The van der Waals surface area contributed by atoms with Gasteiger partial charge in [0.05, 0.1) is 16.1 Å². The third-order valence-electron chi connectivity index (χ3n) is 3.24. The molecule has 5 heteroatoms. The van der Waals surface area contributed by atoms with Crippen LogP contribution in [0.4, 0.5) is 5.69 Å². The molecular weight excluding hydrogens is 334 g/mol. The van der Waals surface area contributed by atoms with E-state index in [2.05, 4.69) is 50.2 Å². The van der Waals surface area contributed by atoms with E-state index in [9.17, 15) is 0 Å². The zero-order valence-electron chi connectivity index (χ0n) is 10.4. The van der Waals surface area contributed by atoms with E-state index in [1.165, 1.54) is 10.1 Å². The molecule has 0 bridgehead atoms. The van der Waals surface area contributed by atoms with Crippen molar-refractivity contribution in [3.05, 3.63) is 46.9 Å². The van der Waals surface area contributed by atoms with Gasteiger partial charge in [0.25, 0.3) is 0 Å². The maximum absolute atomic E-state index is 6.01. The van der Waals surface area contributed by atoms with Crippen LogP contribution in [-0.2, 0) is 0 Å². The molecule has 98 valence electrons. The first-order valence-corrected chi connectivity index (χ1v) is 7.75. The van der Waals surface area contributed by atoms with Crippen LogP contribution in [0, 0.1) is 0 Å². The number of nitrogen functional groups attached to an aromatic ring is 1. The fourth-order valence-corrected chi connectivity index (χ4v) is 3.81. The average Bonchev–Trinajstić information content (AvgIpc) is 3.01. The van der Waals surface area contributed by atoms with Crippen molar-refractivity contribution in [3.63, 3.8) is 0 Å². The van der Waals surface area contributed by atoms with Gasteiger partial charge in [-0.3, -0.25) is 0 Å². The Morgan fingerprint density at radius 1 is 1.15 bits per heavy atom. The van der Waals surface area contributed by atoms with Crippen LogP contribution in [0.3, 0.4) is 0 Å². The Bertz CT molecular complexity index is 906. The van der Waals surface area contributed by atoms with Crippen molar-refractivity contribution in [2.75, 3.05) is 5.73 Å². The van der Waals surface area contributed by atoms with E-state index in [1.54, 1.807) is 11.3 Å². The molecule has 0 fully saturated rings. The lowest BCUT2D eigenvalue weighted by Gasteiger charge is -1.94. The topological polar surface area (TPSA) is 54.7 Å². The summed E-state index contributed by atoms with van der Waals surface area (Å²) < 4.78 is 2.21. The molecule has 4 aromatic rings. The summed E-state index contributed by atoms with van der Waals surface area (Å²) in [5, 5.41) is 1.24. The van der Waals surface area contributed by atoms with Crippen molar-refractivity contribution in [3.8, 4) is 10.7 Å². The number of nitrogens with two attached hydrogens (primary N) is 1. The Hall–Kier alpha value is -1.85. The van der Waals surface area contributed by atoms with Gasteiger partial charge in [0.2, 0.25) is 0 Å². The first-order chi connectivity index (χ1) is 9.70. The summed E-state index contributed by atoms with van der Waals surface area (Å²) in [4.78, 5) is 9.09. The molecule has 0 aliphatic rings. The molecule has 0 aliphatic heterocycles. The highest BCUT2D eigenvalue weighted by atomic mass is 79.9. The van der Waals surface area contributed by atoms with E-state index < -0.39 is 0 Å². The fourth-order valence-electron chi connectivity index (χ4n) is 2.32. The normalized spacial score (nSPS) is 11.4. The number of H-pyrrole nitrogens is 1. The van der Waals surface area contributed by atoms with E-state index in [0.29, 0.717) is 5.69 Å². The second kappa shape index (κ2) is 4.33. The van der Waals surface area contributed by atoms with Gasteiger partial charge in [-0.15, -0.1) is 11.3 Å². The van der Waals surface area contributed by atoms with Gasteiger partial charge < -0.3 is 10.7 Å². The average molecular weight is 344 g/mol. The molecule has 0 atom stereocenters. The van der Waals surface area contributed by atoms with Crippen molar-refractivity contribution in [2.24, 2.45) is 0 Å². The maximum Gasteiger partial charge on any atom is 0.148 e. The lowest BCUT2D eigenvalue weighted by molar-refractivity contribution is 1.36. The summed E-state index contributed by atoms with van der Waals surface area (Å²) in [6.45, 7) is 0. The van der Waals surface area contributed by atoms with Crippen molar-refractivity contribution in [1.82, 2.24) is 9.97 Å². The van der Waals surface area contributed by atoms with Gasteiger partial charge in [-0.2, -0.15) is 0 Å². The van der Waals surface area contributed by atoms with Crippen LogP contribution >= 0.6 is 27.3 Å². The summed E-state index contributed by atoms with van der Waals surface area (Å²) >= 11 is 5.18. The number of halogens is 1. The Morgan fingerprint density at radius 3 is 2.85 bits per heavy atom. The predicted octanol–water partition coefficient (Wildman–Crippen LogP) is 4.79. The number of hydrogen-bond donors (Lipinski definition) is 2. The molecule has 2 heterocycles. The van der Waals surface area contributed by atoms with Crippen LogP contribution in [0.5, 0.6) is 0 Å². The van der Waals surface area contributed by atoms with Crippen LogP contribution in [0.1, 0.15) is 0 Å². The molecule has 2 aromatic heterocycles. The van der Waals surface area contributed by atoms with Crippen molar-refractivity contribution in [1.29, 1.82) is 0 Å².